The zero-order chi connectivity index (χ0) is 17.3. The number of carbonyl (C=O) groups excluding carboxylic acids is 1. The number of benzene rings is 1. The standard InChI is InChI=1S/C19H28Cl2O2/c1-4-6-12-23-18(22)15(3)13-19(20,21)14-16(5-2)17-10-8-7-9-11-17/h7-11,15-16H,4-6,12-14H2,1-3H3. The maximum absolute atomic E-state index is 12.0. The molecule has 130 valence electrons. The van der Waals surface area contributed by atoms with Gasteiger partial charge in [-0.1, -0.05) is 57.5 Å². The molecule has 2 atom stereocenters. The van der Waals surface area contributed by atoms with Crippen LogP contribution in [0, 0.1) is 5.92 Å². The zero-order valence-electron chi connectivity index (χ0n) is 14.4. The van der Waals surface area contributed by atoms with Crippen LogP contribution >= 0.6 is 23.2 Å². The summed E-state index contributed by atoms with van der Waals surface area (Å²) in [5.74, 6) is -0.221. The molecule has 0 saturated heterocycles. The number of ether oxygens (including phenoxy) is 1. The third-order valence-corrected chi connectivity index (χ3v) is 4.68. The van der Waals surface area contributed by atoms with Gasteiger partial charge in [-0.3, -0.25) is 4.79 Å². The predicted octanol–water partition coefficient (Wildman–Crippen LogP) is 6.11. The first-order valence-corrected chi connectivity index (χ1v) is 9.24. The second-order valence-electron chi connectivity index (χ2n) is 6.20. The summed E-state index contributed by atoms with van der Waals surface area (Å²) in [5.41, 5.74) is 1.24. The third kappa shape index (κ3) is 7.58. The lowest BCUT2D eigenvalue weighted by atomic mass is 9.89. The highest BCUT2D eigenvalue weighted by Gasteiger charge is 2.33. The summed E-state index contributed by atoms with van der Waals surface area (Å²) < 4.78 is 4.32. The Bertz CT molecular complexity index is 460. The van der Waals surface area contributed by atoms with Gasteiger partial charge >= 0.3 is 5.97 Å². The molecule has 2 unspecified atom stereocenters. The van der Waals surface area contributed by atoms with E-state index in [2.05, 4.69) is 26.0 Å². The average Bonchev–Trinajstić information content (AvgIpc) is 2.53. The lowest BCUT2D eigenvalue weighted by Gasteiger charge is -2.27. The SMILES string of the molecule is CCCCOC(=O)C(C)CC(Cl)(Cl)CC(CC)c1ccccc1. The molecule has 0 saturated carbocycles. The summed E-state index contributed by atoms with van der Waals surface area (Å²) in [4.78, 5) is 12.0. The van der Waals surface area contributed by atoms with Gasteiger partial charge in [0.25, 0.3) is 0 Å². The molecule has 0 fully saturated rings. The Kier molecular flexibility index (Phi) is 9.01. The highest BCUT2D eigenvalue weighted by atomic mass is 35.5. The number of halogens is 2. The molecule has 1 rings (SSSR count). The molecule has 0 aliphatic carbocycles. The van der Waals surface area contributed by atoms with Crippen molar-refractivity contribution in [1.29, 1.82) is 0 Å². The number of hydrogen-bond donors (Lipinski definition) is 0. The van der Waals surface area contributed by atoms with Gasteiger partial charge in [-0.25, -0.2) is 0 Å². The van der Waals surface area contributed by atoms with Gasteiger partial charge in [0, 0.05) is 0 Å². The van der Waals surface area contributed by atoms with Gasteiger partial charge in [0.15, 0.2) is 0 Å². The van der Waals surface area contributed by atoms with Crippen molar-refractivity contribution in [3.63, 3.8) is 0 Å². The quantitative estimate of drug-likeness (QED) is 0.286. The van der Waals surface area contributed by atoms with Crippen molar-refractivity contribution in [3.8, 4) is 0 Å². The van der Waals surface area contributed by atoms with Crippen molar-refractivity contribution in [2.24, 2.45) is 5.92 Å². The van der Waals surface area contributed by atoms with Gasteiger partial charge in [-0.2, -0.15) is 0 Å². The Balaban J connectivity index is 2.58. The summed E-state index contributed by atoms with van der Waals surface area (Å²) in [6.07, 6.45) is 3.89. The number of carbonyl (C=O) groups is 1. The van der Waals surface area contributed by atoms with Crippen molar-refractivity contribution in [1.82, 2.24) is 0 Å². The van der Waals surface area contributed by atoms with Crippen LogP contribution in [0.1, 0.15) is 64.4 Å². The lowest BCUT2D eigenvalue weighted by molar-refractivity contribution is -0.148. The number of alkyl halides is 2. The Morgan fingerprint density at radius 3 is 2.39 bits per heavy atom. The molecule has 0 aromatic heterocycles. The van der Waals surface area contributed by atoms with Gasteiger partial charge in [0.2, 0.25) is 0 Å². The second kappa shape index (κ2) is 10.2. The maximum atomic E-state index is 12.0. The third-order valence-electron chi connectivity index (χ3n) is 4.06. The van der Waals surface area contributed by atoms with Crippen molar-refractivity contribution in [2.75, 3.05) is 6.61 Å². The number of esters is 1. The molecule has 0 heterocycles. The van der Waals surface area contributed by atoms with E-state index in [9.17, 15) is 4.79 Å². The first kappa shape index (κ1) is 20.3. The molecular formula is C19H28Cl2O2. The second-order valence-corrected chi connectivity index (χ2v) is 7.84. The molecular weight excluding hydrogens is 331 g/mol. The van der Waals surface area contributed by atoms with E-state index < -0.39 is 4.33 Å². The van der Waals surface area contributed by atoms with E-state index in [-0.39, 0.29) is 17.8 Å². The molecule has 0 radical (unpaired) electrons. The Hall–Kier alpha value is -0.730. The zero-order valence-corrected chi connectivity index (χ0v) is 15.9. The molecule has 0 amide bonds. The van der Waals surface area contributed by atoms with E-state index in [1.54, 1.807) is 0 Å². The fourth-order valence-electron chi connectivity index (χ4n) is 2.66. The van der Waals surface area contributed by atoms with Gasteiger partial charge in [-0.05, 0) is 37.2 Å². The molecule has 4 heteroatoms. The monoisotopic (exact) mass is 358 g/mol. The number of unbranched alkanes of at least 4 members (excludes halogenated alkanes) is 1. The Morgan fingerprint density at radius 1 is 1.17 bits per heavy atom. The summed E-state index contributed by atoms with van der Waals surface area (Å²) in [6.45, 7) is 6.49. The summed E-state index contributed by atoms with van der Waals surface area (Å²) in [6, 6.07) is 10.2. The van der Waals surface area contributed by atoms with Crippen molar-refractivity contribution in [3.05, 3.63) is 35.9 Å². The van der Waals surface area contributed by atoms with Gasteiger partial charge in [0.05, 0.1) is 12.5 Å². The molecule has 0 N–H and O–H groups in total. The largest absolute Gasteiger partial charge is 0.465 e. The van der Waals surface area contributed by atoms with Crippen LogP contribution in [0.5, 0.6) is 0 Å². The van der Waals surface area contributed by atoms with Gasteiger partial charge in [-0.15, -0.1) is 23.2 Å². The minimum Gasteiger partial charge on any atom is -0.465 e. The van der Waals surface area contributed by atoms with Crippen molar-refractivity contribution in [2.45, 2.75) is 63.1 Å². The first-order chi connectivity index (χ1) is 10.9. The molecule has 1 aromatic rings. The van der Waals surface area contributed by atoms with Crippen LogP contribution in [0.4, 0.5) is 0 Å². The van der Waals surface area contributed by atoms with E-state index >= 15 is 0 Å². The van der Waals surface area contributed by atoms with Gasteiger partial charge < -0.3 is 4.74 Å². The molecule has 2 nitrogen and oxygen atoms in total. The summed E-state index contributed by atoms with van der Waals surface area (Å²) in [5, 5.41) is 0. The lowest BCUT2D eigenvalue weighted by Crippen LogP contribution is -2.26. The molecule has 0 spiro atoms. The van der Waals surface area contributed by atoms with E-state index in [4.69, 9.17) is 27.9 Å². The minimum atomic E-state index is -0.931. The molecule has 23 heavy (non-hydrogen) atoms. The molecule has 0 aliphatic heterocycles. The van der Waals surface area contributed by atoms with Gasteiger partial charge in [0.1, 0.15) is 4.33 Å². The highest BCUT2D eigenvalue weighted by Crippen LogP contribution is 2.40. The number of rotatable bonds is 10. The topological polar surface area (TPSA) is 26.3 Å². The van der Waals surface area contributed by atoms with Crippen LogP contribution in [0.3, 0.4) is 0 Å². The van der Waals surface area contributed by atoms with Crippen LogP contribution < -0.4 is 0 Å². The van der Waals surface area contributed by atoms with E-state index in [1.165, 1.54) is 5.56 Å². The maximum Gasteiger partial charge on any atom is 0.308 e. The van der Waals surface area contributed by atoms with E-state index in [0.29, 0.717) is 19.4 Å². The van der Waals surface area contributed by atoms with Crippen LogP contribution in [0.2, 0.25) is 0 Å². The number of hydrogen-bond acceptors (Lipinski definition) is 2. The van der Waals surface area contributed by atoms with Crippen LogP contribution in [-0.4, -0.2) is 16.9 Å². The fraction of sp³-hybridized carbons (Fsp3) is 0.632. The fourth-order valence-corrected chi connectivity index (χ4v) is 3.49. The first-order valence-electron chi connectivity index (χ1n) is 8.49. The smallest absolute Gasteiger partial charge is 0.308 e. The summed E-state index contributed by atoms with van der Waals surface area (Å²) >= 11 is 13.0. The average molecular weight is 359 g/mol. The van der Waals surface area contributed by atoms with Crippen molar-refractivity contribution < 1.29 is 9.53 Å². The Morgan fingerprint density at radius 2 is 1.83 bits per heavy atom. The van der Waals surface area contributed by atoms with E-state index in [0.717, 1.165) is 19.3 Å². The van der Waals surface area contributed by atoms with Crippen molar-refractivity contribution >= 4 is 29.2 Å². The van der Waals surface area contributed by atoms with E-state index in [1.807, 2.05) is 25.1 Å². The normalized spacial score (nSPS) is 14.3. The Labute approximate surface area is 150 Å². The van der Waals surface area contributed by atoms with Crippen LogP contribution in [0.25, 0.3) is 0 Å². The predicted molar refractivity (Wildman–Crippen MR) is 98.2 cm³/mol. The minimum absolute atomic E-state index is 0.211. The summed E-state index contributed by atoms with van der Waals surface area (Å²) in [7, 11) is 0. The molecule has 0 bridgehead atoms. The molecule has 1 aromatic carbocycles. The highest BCUT2D eigenvalue weighted by molar-refractivity contribution is 6.48. The van der Waals surface area contributed by atoms with Crippen LogP contribution in [0.15, 0.2) is 30.3 Å². The van der Waals surface area contributed by atoms with Crippen LogP contribution in [-0.2, 0) is 9.53 Å². The molecule has 0 aliphatic rings.